The highest BCUT2D eigenvalue weighted by Gasteiger charge is 2.21. The van der Waals surface area contributed by atoms with Crippen molar-refractivity contribution in [2.24, 2.45) is 5.41 Å². The van der Waals surface area contributed by atoms with Crippen LogP contribution in [-0.2, 0) is 0 Å². The van der Waals surface area contributed by atoms with E-state index < -0.39 is 0 Å². The molecule has 0 saturated carbocycles. The zero-order valence-electron chi connectivity index (χ0n) is 32.3. The number of anilines is 2. The van der Waals surface area contributed by atoms with Crippen LogP contribution in [0.3, 0.4) is 0 Å². The number of unbranched alkanes of at least 4 members (excludes halogenated alkanes) is 1. The van der Waals surface area contributed by atoms with Crippen molar-refractivity contribution in [2.75, 3.05) is 37.9 Å². The number of aromatic nitrogens is 1. The Morgan fingerprint density at radius 1 is 1.14 bits per heavy atom. The number of nitrogen functional groups attached to an aromatic ring is 1. The molecular formula is C43H61FN6. The number of alkyl halides is 1. The molecule has 0 spiro atoms. The van der Waals surface area contributed by atoms with Gasteiger partial charge in [0.05, 0.1) is 18.4 Å². The first kappa shape index (κ1) is 43.4. The van der Waals surface area contributed by atoms with Crippen molar-refractivity contribution >= 4 is 11.5 Å². The van der Waals surface area contributed by atoms with Crippen molar-refractivity contribution in [1.29, 1.82) is 5.26 Å². The Kier molecular flexibility index (Phi) is 19.2. The maximum Gasteiger partial charge on any atom is 0.149 e. The van der Waals surface area contributed by atoms with Crippen LogP contribution in [0, 0.1) is 23.7 Å². The molecule has 4 N–H and O–H groups in total. The summed E-state index contributed by atoms with van der Waals surface area (Å²) in [6, 6.07) is 19.9. The normalized spacial score (nSPS) is 12.0. The molecule has 0 aliphatic rings. The van der Waals surface area contributed by atoms with Crippen molar-refractivity contribution in [2.45, 2.75) is 81.2 Å². The Bertz CT molecular complexity index is 1630. The Labute approximate surface area is 302 Å². The number of benzene rings is 2. The predicted octanol–water partition coefficient (Wildman–Crippen LogP) is 10.9. The molecule has 1 heterocycles. The van der Waals surface area contributed by atoms with Gasteiger partial charge < -0.3 is 21.3 Å². The highest BCUT2D eigenvalue weighted by molar-refractivity contribution is 5.84. The molecule has 0 aliphatic carbocycles. The lowest BCUT2D eigenvalue weighted by Crippen LogP contribution is -2.32. The number of rotatable bonds is 15. The number of pyridine rings is 1. The molecule has 3 aromatic rings. The molecule has 1 atom stereocenters. The summed E-state index contributed by atoms with van der Waals surface area (Å²) in [7, 11) is 2.01. The van der Waals surface area contributed by atoms with Crippen LogP contribution < -0.4 is 16.4 Å². The van der Waals surface area contributed by atoms with Gasteiger partial charge in [-0.15, -0.1) is 0 Å². The standard InChI is InChI=1S/C32H35N5.C9H20FN.C2H6/c1-8-13-25(9-2)24(6)37(7)23(5)22(4)35-32-29(20-33)28(26-15-12-14-21(3)18-26)19-31(36-32)27-16-10-11-17-30(27)34;1-4-5-6-11-8-9(2,3)7-10;1-2/h8-19,23H,2,4,34H2,1,3,5-7H3,(H,35,36);11H,4-8H2,1-3H3;1-2H3/b13-8-,25-24+;;. The summed E-state index contributed by atoms with van der Waals surface area (Å²) in [5.41, 5.74) is 14.3. The lowest BCUT2D eigenvalue weighted by molar-refractivity contribution is 0.247. The molecule has 0 saturated heterocycles. The lowest BCUT2D eigenvalue weighted by Gasteiger charge is -2.31. The number of aryl methyl sites for hydroxylation is 1. The zero-order chi connectivity index (χ0) is 37.9. The summed E-state index contributed by atoms with van der Waals surface area (Å²) in [6.07, 6.45) is 8.24. The number of halogens is 1. The van der Waals surface area contributed by atoms with Gasteiger partial charge in [0.15, 0.2) is 0 Å². The van der Waals surface area contributed by atoms with Gasteiger partial charge in [-0.05, 0) is 63.9 Å². The topological polar surface area (TPSA) is 90.0 Å². The SMILES string of the molecule is C=CC(/C=C\C)=C(/C)N(C)C(C)C(=C)Nc1nc(-c2ccccc2N)cc(-c2cccc(C)c2)c1C#N.CC.CCCCNCC(C)(C)CF. The van der Waals surface area contributed by atoms with E-state index >= 15 is 0 Å². The van der Waals surface area contributed by atoms with Gasteiger partial charge in [-0.25, -0.2) is 4.98 Å². The van der Waals surface area contributed by atoms with Crippen molar-refractivity contribution in [3.05, 3.63) is 114 Å². The highest BCUT2D eigenvalue weighted by Crippen LogP contribution is 2.35. The molecule has 2 aromatic carbocycles. The van der Waals surface area contributed by atoms with Crippen LogP contribution >= 0.6 is 0 Å². The van der Waals surface area contributed by atoms with Crippen LogP contribution in [0.1, 0.15) is 79.4 Å². The Morgan fingerprint density at radius 2 is 1.82 bits per heavy atom. The first-order chi connectivity index (χ1) is 23.8. The highest BCUT2D eigenvalue weighted by atomic mass is 19.1. The van der Waals surface area contributed by atoms with E-state index in [-0.39, 0.29) is 18.1 Å². The molecule has 3 rings (SSSR count). The number of para-hydroxylation sites is 1. The van der Waals surface area contributed by atoms with E-state index in [0.29, 0.717) is 28.5 Å². The quantitative estimate of drug-likeness (QED) is 0.0841. The van der Waals surface area contributed by atoms with Gasteiger partial charge in [0.1, 0.15) is 17.5 Å². The molecule has 0 radical (unpaired) electrons. The fourth-order valence-electron chi connectivity index (χ4n) is 4.93. The molecule has 0 aliphatic heterocycles. The third kappa shape index (κ3) is 13.0. The van der Waals surface area contributed by atoms with Crippen molar-refractivity contribution in [1.82, 2.24) is 15.2 Å². The van der Waals surface area contributed by atoms with E-state index in [1.54, 1.807) is 0 Å². The second-order valence-electron chi connectivity index (χ2n) is 12.9. The number of hydrogen-bond donors (Lipinski definition) is 3. The number of likely N-dealkylation sites (N-methyl/N-ethyl adjacent to an activating group) is 1. The molecule has 50 heavy (non-hydrogen) atoms. The summed E-state index contributed by atoms with van der Waals surface area (Å²) < 4.78 is 12.2. The summed E-state index contributed by atoms with van der Waals surface area (Å²) in [5.74, 6) is 0.448. The number of nitriles is 1. The minimum absolute atomic E-state index is 0.0959. The fourth-order valence-corrected chi connectivity index (χ4v) is 4.93. The first-order valence-electron chi connectivity index (χ1n) is 17.6. The van der Waals surface area contributed by atoms with Crippen molar-refractivity contribution in [3.63, 3.8) is 0 Å². The summed E-state index contributed by atoms with van der Waals surface area (Å²) in [6.45, 7) is 27.9. The maximum absolute atomic E-state index is 12.2. The van der Waals surface area contributed by atoms with Crippen LogP contribution in [-0.4, -0.2) is 42.7 Å². The average Bonchev–Trinajstić information content (AvgIpc) is 3.12. The molecule has 0 bridgehead atoms. The predicted molar refractivity (Wildman–Crippen MR) is 216 cm³/mol. The third-order valence-electron chi connectivity index (χ3n) is 8.25. The van der Waals surface area contributed by atoms with Gasteiger partial charge in [0.25, 0.3) is 0 Å². The number of nitrogens with two attached hydrogens (primary N) is 1. The molecular weight excluding hydrogens is 620 g/mol. The number of allylic oxidation sites excluding steroid dienone is 5. The third-order valence-corrected chi connectivity index (χ3v) is 8.25. The summed E-state index contributed by atoms with van der Waals surface area (Å²) in [5, 5.41) is 16.8. The van der Waals surface area contributed by atoms with Crippen LogP contribution in [0.15, 0.2) is 103 Å². The van der Waals surface area contributed by atoms with Gasteiger partial charge in [-0.2, -0.15) is 5.26 Å². The second kappa shape index (κ2) is 22.1. The second-order valence-corrected chi connectivity index (χ2v) is 12.9. The smallest absolute Gasteiger partial charge is 0.149 e. The van der Waals surface area contributed by atoms with Gasteiger partial charge in [0.2, 0.25) is 0 Å². The molecule has 1 unspecified atom stereocenters. The monoisotopic (exact) mass is 680 g/mol. The van der Waals surface area contributed by atoms with Crippen molar-refractivity contribution < 1.29 is 4.39 Å². The van der Waals surface area contributed by atoms with Crippen LogP contribution in [0.2, 0.25) is 0 Å². The van der Waals surface area contributed by atoms with Crippen LogP contribution in [0.5, 0.6) is 0 Å². The minimum Gasteiger partial charge on any atom is -0.398 e. The lowest BCUT2D eigenvalue weighted by atomic mass is 9.96. The molecule has 7 heteroatoms. The number of hydrogen-bond acceptors (Lipinski definition) is 6. The molecule has 1 aromatic heterocycles. The molecule has 270 valence electrons. The Morgan fingerprint density at radius 3 is 2.38 bits per heavy atom. The van der Waals surface area contributed by atoms with Crippen LogP contribution in [0.4, 0.5) is 15.9 Å². The van der Waals surface area contributed by atoms with E-state index in [9.17, 15) is 9.65 Å². The van der Waals surface area contributed by atoms with E-state index in [2.05, 4.69) is 54.7 Å². The van der Waals surface area contributed by atoms with E-state index in [1.807, 2.05) is 122 Å². The average molecular weight is 681 g/mol. The van der Waals surface area contributed by atoms with E-state index in [4.69, 9.17) is 10.7 Å². The van der Waals surface area contributed by atoms with Gasteiger partial charge >= 0.3 is 0 Å². The molecule has 6 nitrogen and oxygen atoms in total. The van der Waals surface area contributed by atoms with Gasteiger partial charge in [-0.1, -0.05) is 120 Å². The van der Waals surface area contributed by atoms with E-state index in [1.165, 1.54) is 12.8 Å². The largest absolute Gasteiger partial charge is 0.398 e. The maximum atomic E-state index is 12.2. The Hall–Kier alpha value is -4.67. The van der Waals surface area contributed by atoms with E-state index in [0.717, 1.165) is 46.6 Å². The summed E-state index contributed by atoms with van der Waals surface area (Å²) in [4.78, 5) is 6.98. The van der Waals surface area contributed by atoms with Crippen molar-refractivity contribution in [3.8, 4) is 28.5 Å². The molecule has 0 fully saturated rings. The van der Waals surface area contributed by atoms with Crippen LogP contribution in [0.25, 0.3) is 22.4 Å². The molecule has 0 amide bonds. The zero-order valence-corrected chi connectivity index (χ0v) is 32.3. The first-order valence-corrected chi connectivity index (χ1v) is 17.6. The fraction of sp³-hybridized carbons (Fsp3) is 0.395. The van der Waals surface area contributed by atoms with Gasteiger partial charge in [-0.3, -0.25) is 4.39 Å². The number of nitrogens with zero attached hydrogens (tertiary/aromatic N) is 3. The van der Waals surface area contributed by atoms with Gasteiger partial charge in [0, 0.05) is 47.2 Å². The number of nitrogens with one attached hydrogen (secondary N) is 2. The minimum atomic E-state index is -0.244. The Balaban J connectivity index is 0.000000819. The summed E-state index contributed by atoms with van der Waals surface area (Å²) >= 11 is 0.